The van der Waals surface area contributed by atoms with Gasteiger partial charge in [0.1, 0.15) is 11.6 Å². The lowest BCUT2D eigenvalue weighted by Gasteiger charge is -2.25. The van der Waals surface area contributed by atoms with Gasteiger partial charge in [0, 0.05) is 18.2 Å². The monoisotopic (exact) mass is 299 g/mol. The molecule has 5 heteroatoms. The second-order valence-corrected chi connectivity index (χ2v) is 6.05. The van der Waals surface area contributed by atoms with Crippen molar-refractivity contribution in [1.29, 1.82) is 0 Å². The van der Waals surface area contributed by atoms with Gasteiger partial charge in [-0.05, 0) is 51.5 Å². The molecule has 1 unspecified atom stereocenters. The molecule has 0 fully saturated rings. The molecule has 0 heterocycles. The second-order valence-electron chi connectivity index (χ2n) is 5.06. The van der Waals surface area contributed by atoms with Gasteiger partial charge in [-0.15, -0.1) is 0 Å². The van der Waals surface area contributed by atoms with E-state index in [0.29, 0.717) is 18.2 Å². The molecule has 0 radical (unpaired) electrons. The summed E-state index contributed by atoms with van der Waals surface area (Å²) in [5.74, 6) is 0.122. The van der Waals surface area contributed by atoms with Crippen molar-refractivity contribution in [2.45, 2.75) is 32.9 Å². The minimum atomic E-state index is -0.492. The van der Waals surface area contributed by atoms with Crippen molar-refractivity contribution >= 4 is 17.5 Å². The van der Waals surface area contributed by atoms with Crippen molar-refractivity contribution in [2.24, 2.45) is 0 Å². The Morgan fingerprint density at radius 1 is 1.50 bits per heavy atom. The fourth-order valence-electron chi connectivity index (χ4n) is 1.98. The van der Waals surface area contributed by atoms with Gasteiger partial charge in [-0.3, -0.25) is 9.69 Å². The van der Waals surface area contributed by atoms with Crippen LogP contribution in [0.3, 0.4) is 0 Å². The lowest BCUT2D eigenvalue weighted by molar-refractivity contribution is 0.101. The van der Waals surface area contributed by atoms with Gasteiger partial charge in [-0.25, -0.2) is 4.39 Å². The van der Waals surface area contributed by atoms with Gasteiger partial charge in [0.15, 0.2) is 5.78 Å². The summed E-state index contributed by atoms with van der Waals surface area (Å²) >= 11 is 1.78. The van der Waals surface area contributed by atoms with Gasteiger partial charge >= 0.3 is 0 Å². The van der Waals surface area contributed by atoms with Crippen molar-refractivity contribution in [3.05, 3.63) is 29.1 Å². The number of rotatable bonds is 7. The maximum absolute atomic E-state index is 13.5. The molecule has 0 saturated carbocycles. The van der Waals surface area contributed by atoms with E-state index in [1.165, 1.54) is 13.0 Å². The van der Waals surface area contributed by atoms with Crippen molar-refractivity contribution < 1.29 is 14.3 Å². The lowest BCUT2D eigenvalue weighted by Crippen LogP contribution is -2.29. The smallest absolute Gasteiger partial charge is 0.163 e. The molecule has 0 amide bonds. The number of thioether (sulfide) groups is 1. The zero-order valence-electron chi connectivity index (χ0n) is 12.4. The molecule has 112 valence electrons. The molecule has 1 aromatic rings. The molecule has 0 aliphatic carbocycles. The predicted octanol–water partition coefficient (Wildman–Crippen LogP) is 3.31. The zero-order chi connectivity index (χ0) is 15.3. The standard InChI is InChI=1S/C15H22FNO2S/c1-10(5-6-20-4)17(3)9-12-7-13(16)8-14(11(2)18)15(12)19/h7-8,10,19H,5-6,9H2,1-4H3. The first-order valence-electron chi connectivity index (χ1n) is 6.58. The van der Waals surface area contributed by atoms with Crippen LogP contribution in [0.2, 0.25) is 0 Å². The number of benzene rings is 1. The lowest BCUT2D eigenvalue weighted by atomic mass is 10.0. The topological polar surface area (TPSA) is 40.5 Å². The molecule has 0 spiro atoms. The third kappa shape index (κ3) is 4.49. The highest BCUT2D eigenvalue weighted by molar-refractivity contribution is 7.98. The summed E-state index contributed by atoms with van der Waals surface area (Å²) in [4.78, 5) is 13.4. The van der Waals surface area contributed by atoms with Gasteiger partial charge in [-0.1, -0.05) is 0 Å². The molecule has 1 aromatic carbocycles. The molecule has 0 aromatic heterocycles. The molecule has 1 N–H and O–H groups in total. The number of phenols is 1. The quantitative estimate of drug-likeness (QED) is 0.784. The minimum absolute atomic E-state index is 0.0465. The van der Waals surface area contributed by atoms with Crippen LogP contribution in [0.5, 0.6) is 5.75 Å². The highest BCUT2D eigenvalue weighted by Crippen LogP contribution is 2.26. The molecule has 0 aliphatic heterocycles. The first-order chi connectivity index (χ1) is 9.36. The van der Waals surface area contributed by atoms with Gasteiger partial charge < -0.3 is 5.11 Å². The average Bonchev–Trinajstić information content (AvgIpc) is 2.39. The summed E-state index contributed by atoms with van der Waals surface area (Å²) in [6.45, 7) is 3.83. The number of ketones is 1. The predicted molar refractivity (Wildman–Crippen MR) is 82.0 cm³/mol. The summed E-state index contributed by atoms with van der Waals surface area (Å²) < 4.78 is 13.5. The summed E-state index contributed by atoms with van der Waals surface area (Å²) in [6.07, 6.45) is 3.08. The number of halogens is 1. The first-order valence-corrected chi connectivity index (χ1v) is 7.97. The van der Waals surface area contributed by atoms with E-state index in [0.717, 1.165) is 18.2 Å². The van der Waals surface area contributed by atoms with Crippen LogP contribution in [0.4, 0.5) is 4.39 Å². The maximum Gasteiger partial charge on any atom is 0.163 e. The van der Waals surface area contributed by atoms with Crippen LogP contribution < -0.4 is 0 Å². The van der Waals surface area contributed by atoms with Crippen LogP contribution in [0.25, 0.3) is 0 Å². The van der Waals surface area contributed by atoms with Crippen molar-refractivity contribution in [3.63, 3.8) is 0 Å². The molecular formula is C15H22FNO2S. The minimum Gasteiger partial charge on any atom is -0.507 e. The third-order valence-corrected chi connectivity index (χ3v) is 4.09. The molecule has 0 saturated heterocycles. The highest BCUT2D eigenvalue weighted by atomic mass is 32.2. The zero-order valence-corrected chi connectivity index (χ0v) is 13.3. The number of Topliss-reactive ketones (excluding diaryl/α,β-unsaturated/α-hetero) is 1. The normalized spacial score (nSPS) is 12.7. The summed E-state index contributed by atoms with van der Waals surface area (Å²) in [5.41, 5.74) is 0.499. The number of carbonyl (C=O) groups excluding carboxylic acids is 1. The fraction of sp³-hybridized carbons (Fsp3) is 0.533. The van der Waals surface area contributed by atoms with Gasteiger partial charge in [-0.2, -0.15) is 11.8 Å². The van der Waals surface area contributed by atoms with Crippen LogP contribution in [0.1, 0.15) is 36.2 Å². The molecule has 1 rings (SSSR count). The van der Waals surface area contributed by atoms with E-state index in [1.54, 1.807) is 11.8 Å². The van der Waals surface area contributed by atoms with Gasteiger partial charge in [0.05, 0.1) is 5.56 Å². The first kappa shape index (κ1) is 17.0. The van der Waals surface area contributed by atoms with E-state index >= 15 is 0 Å². The van der Waals surface area contributed by atoms with Crippen LogP contribution in [-0.4, -0.2) is 40.9 Å². The van der Waals surface area contributed by atoms with E-state index < -0.39 is 5.82 Å². The van der Waals surface area contributed by atoms with Crippen LogP contribution in [-0.2, 0) is 6.54 Å². The number of carbonyl (C=O) groups is 1. The van der Waals surface area contributed by atoms with Gasteiger partial charge in [0.25, 0.3) is 0 Å². The number of phenolic OH excluding ortho intramolecular Hbond substituents is 1. The van der Waals surface area contributed by atoms with Crippen LogP contribution in [0, 0.1) is 5.82 Å². The van der Waals surface area contributed by atoms with E-state index in [2.05, 4.69) is 18.1 Å². The largest absolute Gasteiger partial charge is 0.507 e. The molecule has 20 heavy (non-hydrogen) atoms. The average molecular weight is 299 g/mol. The van der Waals surface area contributed by atoms with E-state index in [4.69, 9.17) is 0 Å². The Morgan fingerprint density at radius 2 is 2.15 bits per heavy atom. The molecule has 0 aliphatic rings. The highest BCUT2D eigenvalue weighted by Gasteiger charge is 2.17. The Labute approximate surface area is 124 Å². The van der Waals surface area contributed by atoms with Gasteiger partial charge in [0.2, 0.25) is 0 Å². The molecule has 3 nitrogen and oxygen atoms in total. The number of nitrogens with zero attached hydrogens (tertiary/aromatic N) is 1. The van der Waals surface area contributed by atoms with Crippen molar-refractivity contribution in [1.82, 2.24) is 4.90 Å². The summed E-state index contributed by atoms with van der Waals surface area (Å²) in [6, 6.07) is 2.70. The van der Waals surface area contributed by atoms with Crippen molar-refractivity contribution in [2.75, 3.05) is 19.1 Å². The summed E-state index contributed by atoms with van der Waals surface area (Å²) in [5, 5.41) is 10.1. The van der Waals surface area contributed by atoms with E-state index in [1.807, 2.05) is 7.05 Å². The second kappa shape index (κ2) is 7.64. The SMILES string of the molecule is CSCCC(C)N(C)Cc1cc(F)cc(C(C)=O)c1O. The number of hydrogen-bond acceptors (Lipinski definition) is 4. The Balaban J connectivity index is 2.89. The fourth-order valence-corrected chi connectivity index (χ4v) is 2.55. The van der Waals surface area contributed by atoms with E-state index in [-0.39, 0.29) is 17.1 Å². The molecule has 0 bridgehead atoms. The molecular weight excluding hydrogens is 277 g/mol. The van der Waals surface area contributed by atoms with Crippen LogP contribution >= 0.6 is 11.8 Å². The number of aromatic hydroxyl groups is 1. The van der Waals surface area contributed by atoms with E-state index in [9.17, 15) is 14.3 Å². The Bertz CT molecular complexity index is 479. The Hall–Kier alpha value is -1.07. The van der Waals surface area contributed by atoms with Crippen molar-refractivity contribution in [3.8, 4) is 5.75 Å². The molecule has 1 atom stereocenters. The number of hydrogen-bond donors (Lipinski definition) is 1. The Kier molecular flexibility index (Phi) is 6.49. The van der Waals surface area contributed by atoms with Crippen LogP contribution in [0.15, 0.2) is 12.1 Å². The third-order valence-electron chi connectivity index (χ3n) is 3.44. The maximum atomic E-state index is 13.5. The summed E-state index contributed by atoms with van der Waals surface area (Å²) in [7, 11) is 1.93. The Morgan fingerprint density at radius 3 is 2.70 bits per heavy atom.